The Bertz CT molecular complexity index is 1130. The largest absolute Gasteiger partial charge is 2.00 e. The maximum Gasteiger partial charge on any atom is 2.00 e. The van der Waals surface area contributed by atoms with Gasteiger partial charge in [-0.3, -0.25) is 0 Å². The fourth-order valence-corrected chi connectivity index (χ4v) is 6.33. The minimum Gasteiger partial charge on any atom is -0.493 e. The van der Waals surface area contributed by atoms with E-state index in [1.54, 1.807) is 4.70 Å². The minimum absolute atomic E-state index is 0. The molecule has 0 N–H and O–H groups in total. The number of rotatable bonds is 21. The van der Waals surface area contributed by atoms with Gasteiger partial charge in [0.25, 0.3) is 0 Å². The number of unbranched alkanes of at least 4 members (excludes halogenated alkanes) is 9. The number of allylic oxidation sites excluding steroid dienone is 2. The minimum atomic E-state index is 0. The SMILES string of the molecule is CCCCCc1cc(CCCCC)cc(C2=CC(CCCC)=C(c3cc(CCCCC)cc(CCCCC)c3)[N+]2=[N-])c1.[CH3-].[CH3-].[Ni+2]. The zero-order chi connectivity index (χ0) is 30.2. The first-order valence-corrected chi connectivity index (χ1v) is 17.7. The van der Waals surface area contributed by atoms with Crippen LogP contribution in [0.15, 0.2) is 48.0 Å². The third-order valence-electron chi connectivity index (χ3n) is 8.81. The molecule has 2 aromatic carbocycles. The Labute approximate surface area is 290 Å². The van der Waals surface area contributed by atoms with Crippen LogP contribution in [0.25, 0.3) is 16.9 Å². The number of hydrogen-bond acceptors (Lipinski definition) is 0. The molecule has 45 heavy (non-hydrogen) atoms. The van der Waals surface area contributed by atoms with Crippen molar-refractivity contribution in [1.29, 1.82) is 0 Å². The van der Waals surface area contributed by atoms with Crippen molar-refractivity contribution in [1.82, 2.24) is 0 Å². The van der Waals surface area contributed by atoms with Gasteiger partial charge in [0.2, 0.25) is 11.4 Å². The molecule has 1 aliphatic rings. The van der Waals surface area contributed by atoms with Gasteiger partial charge in [0.15, 0.2) is 0 Å². The normalized spacial score (nSPS) is 12.5. The van der Waals surface area contributed by atoms with Gasteiger partial charge < -0.3 is 20.4 Å². The zero-order valence-corrected chi connectivity index (χ0v) is 31.2. The Morgan fingerprint density at radius 1 is 0.467 bits per heavy atom. The van der Waals surface area contributed by atoms with Gasteiger partial charge in [-0.15, -0.1) is 0 Å². The summed E-state index contributed by atoms with van der Waals surface area (Å²) >= 11 is 0. The molecule has 0 atom stereocenters. The van der Waals surface area contributed by atoms with Gasteiger partial charge in [0, 0.05) is 22.8 Å². The molecule has 3 heteroatoms. The van der Waals surface area contributed by atoms with E-state index in [9.17, 15) is 5.53 Å². The van der Waals surface area contributed by atoms with E-state index in [4.69, 9.17) is 0 Å². The standard InChI is InChI=1S/C40H60N2.2CH3.Ni/c1-6-11-16-20-32-25-33(21-17-12-7-2)28-37(27-32)39-31-36(24-15-10-5)40(42(39)41)38-29-34(22-18-13-8-3)26-35(30-38)23-19-14-9-4;;;/h25-31H,6-24H2,1-5H3;2*1H3;/q;2*-1;+2. The second-order valence-electron chi connectivity index (χ2n) is 12.7. The molecule has 0 fully saturated rings. The first kappa shape index (κ1) is 43.0. The molecule has 2 aromatic rings. The predicted octanol–water partition coefficient (Wildman–Crippen LogP) is 13.5. The topological polar surface area (TPSA) is 25.3 Å². The van der Waals surface area contributed by atoms with Crippen molar-refractivity contribution in [2.75, 3.05) is 0 Å². The van der Waals surface area contributed by atoms with Crippen LogP contribution in [0.1, 0.15) is 164 Å². The molecule has 0 saturated heterocycles. The second kappa shape index (κ2) is 24.2. The van der Waals surface area contributed by atoms with Crippen LogP contribution in [0.3, 0.4) is 0 Å². The molecule has 0 aliphatic carbocycles. The van der Waals surface area contributed by atoms with E-state index < -0.39 is 0 Å². The van der Waals surface area contributed by atoms with Gasteiger partial charge >= 0.3 is 16.5 Å². The van der Waals surface area contributed by atoms with Crippen LogP contribution in [0.5, 0.6) is 0 Å². The molecule has 1 heterocycles. The monoisotopic (exact) mass is 656 g/mol. The van der Waals surface area contributed by atoms with Crippen molar-refractivity contribution in [2.45, 2.75) is 157 Å². The van der Waals surface area contributed by atoms with Crippen LogP contribution in [0, 0.1) is 14.9 Å². The van der Waals surface area contributed by atoms with Gasteiger partial charge in [0.1, 0.15) is 0 Å². The van der Waals surface area contributed by atoms with Crippen molar-refractivity contribution in [2.24, 2.45) is 0 Å². The molecule has 0 bridgehead atoms. The number of benzene rings is 2. The average Bonchev–Trinajstić information content (AvgIpc) is 3.32. The predicted molar refractivity (Wildman–Crippen MR) is 197 cm³/mol. The second-order valence-corrected chi connectivity index (χ2v) is 12.7. The summed E-state index contributed by atoms with van der Waals surface area (Å²) in [4.78, 5) is 0. The molecule has 0 spiro atoms. The first-order valence-electron chi connectivity index (χ1n) is 17.7. The number of aryl methyl sites for hydroxylation is 4. The summed E-state index contributed by atoms with van der Waals surface area (Å²) in [5, 5.41) is 0. The van der Waals surface area contributed by atoms with E-state index in [1.807, 2.05) is 0 Å². The van der Waals surface area contributed by atoms with Crippen molar-refractivity contribution < 1.29 is 21.2 Å². The molecular weight excluding hydrogens is 591 g/mol. The Kier molecular flexibility index (Phi) is 23.2. The summed E-state index contributed by atoms with van der Waals surface area (Å²) in [6.45, 7) is 11.4. The summed E-state index contributed by atoms with van der Waals surface area (Å²) in [7, 11) is 0. The van der Waals surface area contributed by atoms with Crippen LogP contribution in [-0.2, 0) is 42.2 Å². The first-order chi connectivity index (χ1) is 20.5. The number of nitrogens with zero attached hydrogens (tertiary/aromatic N) is 2. The fourth-order valence-electron chi connectivity index (χ4n) is 6.33. The molecular formula is C42H66N2Ni. The van der Waals surface area contributed by atoms with Crippen LogP contribution in [0.4, 0.5) is 0 Å². The molecule has 0 amide bonds. The summed E-state index contributed by atoms with van der Waals surface area (Å²) in [6, 6.07) is 14.3. The molecule has 254 valence electrons. The molecule has 3 rings (SSSR count). The Balaban J connectivity index is 0.00000645. The maximum atomic E-state index is 12.0. The smallest absolute Gasteiger partial charge is 0.493 e. The molecule has 2 nitrogen and oxygen atoms in total. The van der Waals surface area contributed by atoms with E-state index >= 15 is 0 Å². The van der Waals surface area contributed by atoms with Crippen molar-refractivity contribution in [3.8, 4) is 0 Å². The molecule has 0 aromatic heterocycles. The zero-order valence-electron chi connectivity index (χ0n) is 30.2. The van der Waals surface area contributed by atoms with E-state index in [-0.39, 0.29) is 31.3 Å². The summed E-state index contributed by atoms with van der Waals surface area (Å²) in [5.41, 5.74) is 23.2. The number of hydrogen-bond donors (Lipinski definition) is 0. The fraction of sp³-hybridized carbons (Fsp3) is 0.571. The van der Waals surface area contributed by atoms with Gasteiger partial charge in [-0.1, -0.05) is 105 Å². The van der Waals surface area contributed by atoms with Gasteiger partial charge in [0.05, 0.1) is 0 Å². The van der Waals surface area contributed by atoms with Crippen molar-refractivity contribution >= 4 is 11.4 Å². The van der Waals surface area contributed by atoms with Gasteiger partial charge in [-0.05, 0) is 111 Å². The van der Waals surface area contributed by atoms with Crippen LogP contribution < -0.4 is 0 Å². The van der Waals surface area contributed by atoms with Crippen LogP contribution >= 0.6 is 0 Å². The summed E-state index contributed by atoms with van der Waals surface area (Å²) in [6.07, 6.45) is 25.0. The van der Waals surface area contributed by atoms with E-state index in [0.717, 1.165) is 56.3 Å². The summed E-state index contributed by atoms with van der Waals surface area (Å²) in [5.74, 6) is 0. The van der Waals surface area contributed by atoms with E-state index in [1.165, 1.54) is 116 Å². The third kappa shape index (κ3) is 13.7. The quantitative estimate of drug-likeness (QED) is 0.0553. The molecule has 1 aliphatic heterocycles. The molecule has 0 radical (unpaired) electrons. The van der Waals surface area contributed by atoms with Crippen molar-refractivity contribution in [3.63, 3.8) is 0 Å². The van der Waals surface area contributed by atoms with Gasteiger partial charge in [-0.2, -0.15) is 0 Å². The molecule has 0 saturated carbocycles. The third-order valence-corrected chi connectivity index (χ3v) is 8.81. The Morgan fingerprint density at radius 3 is 1.18 bits per heavy atom. The van der Waals surface area contributed by atoms with E-state index in [0.29, 0.717) is 0 Å². The maximum absolute atomic E-state index is 12.0. The van der Waals surface area contributed by atoms with E-state index in [2.05, 4.69) is 77.1 Å². The average molecular weight is 658 g/mol. The Morgan fingerprint density at radius 2 is 0.822 bits per heavy atom. The van der Waals surface area contributed by atoms with Crippen LogP contribution in [0.2, 0.25) is 0 Å². The summed E-state index contributed by atoms with van der Waals surface area (Å²) < 4.78 is 1.55. The van der Waals surface area contributed by atoms with Crippen molar-refractivity contribution in [3.05, 3.63) is 102 Å². The molecule has 0 unspecified atom stereocenters. The Hall–Kier alpha value is -1.99. The van der Waals surface area contributed by atoms with Crippen LogP contribution in [-0.4, -0.2) is 4.70 Å². The van der Waals surface area contributed by atoms with Gasteiger partial charge in [-0.25, -0.2) is 4.70 Å².